The van der Waals surface area contributed by atoms with E-state index in [0.29, 0.717) is 5.92 Å². The van der Waals surface area contributed by atoms with Crippen LogP contribution in [-0.2, 0) is 0 Å². The van der Waals surface area contributed by atoms with Crippen LogP contribution in [0, 0.1) is 11.3 Å². The van der Waals surface area contributed by atoms with Gasteiger partial charge in [0.05, 0.1) is 3.23 Å². The molecule has 0 bridgehead atoms. The molecule has 2 aliphatic rings. The summed E-state index contributed by atoms with van der Waals surface area (Å²) in [5.74, 6) is 0.588. The zero-order valence-corrected chi connectivity index (χ0v) is 10.7. The standard InChI is InChI=1S/C7H8Br2Cl2/c1-5(3-7(5,10)11)4-2-6(4,8)9/h4H,2-3H2,1H3. The Bertz CT molecular complexity index is 214. The molecule has 0 nitrogen and oxygen atoms in total. The van der Waals surface area contributed by atoms with E-state index in [1.165, 1.54) is 0 Å². The SMILES string of the molecule is CC1(C2CC2(Br)Br)CC1(Cl)Cl. The average molecular weight is 323 g/mol. The maximum Gasteiger partial charge on any atom is 0.124 e. The number of hydrogen-bond acceptors (Lipinski definition) is 0. The highest BCUT2D eigenvalue weighted by Crippen LogP contribution is 2.78. The fourth-order valence-corrected chi connectivity index (χ4v) is 4.18. The van der Waals surface area contributed by atoms with E-state index >= 15 is 0 Å². The molecule has 0 aromatic heterocycles. The highest BCUT2D eigenvalue weighted by atomic mass is 79.9. The van der Waals surface area contributed by atoms with Crippen molar-refractivity contribution in [1.82, 2.24) is 0 Å². The number of rotatable bonds is 1. The van der Waals surface area contributed by atoms with E-state index in [0.717, 1.165) is 12.8 Å². The fourth-order valence-electron chi connectivity index (χ4n) is 1.70. The summed E-state index contributed by atoms with van der Waals surface area (Å²) < 4.78 is -0.346. The summed E-state index contributed by atoms with van der Waals surface area (Å²) in [5.41, 5.74) is 0.128. The van der Waals surface area contributed by atoms with Gasteiger partial charge in [-0.15, -0.1) is 23.2 Å². The quantitative estimate of drug-likeness (QED) is 0.638. The Balaban J connectivity index is 2.11. The predicted molar refractivity (Wildman–Crippen MR) is 55.9 cm³/mol. The van der Waals surface area contributed by atoms with Crippen LogP contribution in [0.1, 0.15) is 19.8 Å². The van der Waals surface area contributed by atoms with Crippen LogP contribution in [0.2, 0.25) is 0 Å². The molecule has 0 N–H and O–H groups in total. The Morgan fingerprint density at radius 1 is 1.36 bits per heavy atom. The van der Waals surface area contributed by atoms with E-state index in [1.807, 2.05) is 0 Å². The van der Waals surface area contributed by atoms with Gasteiger partial charge in [0.25, 0.3) is 0 Å². The van der Waals surface area contributed by atoms with Crippen LogP contribution in [0.15, 0.2) is 0 Å². The lowest BCUT2D eigenvalue weighted by Gasteiger charge is -2.11. The van der Waals surface area contributed by atoms with E-state index < -0.39 is 4.33 Å². The average Bonchev–Trinajstić information content (AvgIpc) is 2.51. The van der Waals surface area contributed by atoms with Gasteiger partial charge in [0.15, 0.2) is 0 Å². The molecule has 2 atom stereocenters. The Morgan fingerprint density at radius 3 is 1.82 bits per heavy atom. The van der Waals surface area contributed by atoms with E-state index in [4.69, 9.17) is 23.2 Å². The van der Waals surface area contributed by atoms with E-state index in [-0.39, 0.29) is 8.65 Å². The van der Waals surface area contributed by atoms with Gasteiger partial charge in [-0.1, -0.05) is 38.8 Å². The van der Waals surface area contributed by atoms with Gasteiger partial charge in [-0.05, 0) is 18.8 Å². The van der Waals surface area contributed by atoms with Crippen LogP contribution >= 0.6 is 55.1 Å². The van der Waals surface area contributed by atoms with Gasteiger partial charge >= 0.3 is 0 Å². The zero-order chi connectivity index (χ0) is 8.49. The molecular formula is C7H8Br2Cl2. The van der Waals surface area contributed by atoms with Crippen LogP contribution in [0.25, 0.3) is 0 Å². The summed E-state index contributed by atoms with van der Waals surface area (Å²) in [4.78, 5) is 0. The van der Waals surface area contributed by atoms with Crippen LogP contribution in [0.5, 0.6) is 0 Å². The van der Waals surface area contributed by atoms with Crippen molar-refractivity contribution >= 4 is 55.1 Å². The fraction of sp³-hybridized carbons (Fsp3) is 1.00. The molecule has 2 aliphatic carbocycles. The molecule has 2 fully saturated rings. The molecular weight excluding hydrogens is 315 g/mol. The summed E-state index contributed by atoms with van der Waals surface area (Å²) >= 11 is 19.2. The monoisotopic (exact) mass is 320 g/mol. The van der Waals surface area contributed by atoms with Crippen molar-refractivity contribution in [3.05, 3.63) is 0 Å². The van der Waals surface area contributed by atoms with Crippen molar-refractivity contribution in [2.45, 2.75) is 27.3 Å². The summed E-state index contributed by atoms with van der Waals surface area (Å²) in [7, 11) is 0. The highest BCUT2D eigenvalue weighted by molar-refractivity contribution is 9.25. The molecule has 0 heterocycles. The lowest BCUT2D eigenvalue weighted by molar-refractivity contribution is 0.483. The number of hydrogen-bond donors (Lipinski definition) is 0. The van der Waals surface area contributed by atoms with E-state index in [9.17, 15) is 0 Å². The second-order valence-electron chi connectivity index (χ2n) is 3.82. The molecule has 2 unspecified atom stereocenters. The lowest BCUT2D eigenvalue weighted by Crippen LogP contribution is -2.10. The van der Waals surface area contributed by atoms with Gasteiger partial charge in [-0.25, -0.2) is 0 Å². The first kappa shape index (κ1) is 9.11. The molecule has 0 amide bonds. The van der Waals surface area contributed by atoms with Crippen LogP contribution in [0.3, 0.4) is 0 Å². The van der Waals surface area contributed by atoms with Gasteiger partial charge in [-0.3, -0.25) is 0 Å². The molecule has 11 heavy (non-hydrogen) atoms. The third-order valence-corrected chi connectivity index (χ3v) is 5.78. The first-order valence-corrected chi connectivity index (χ1v) is 5.89. The maximum absolute atomic E-state index is 6.03. The van der Waals surface area contributed by atoms with Crippen molar-refractivity contribution < 1.29 is 0 Å². The van der Waals surface area contributed by atoms with E-state index in [2.05, 4.69) is 38.8 Å². The maximum atomic E-state index is 6.03. The predicted octanol–water partition coefficient (Wildman–Crippen LogP) is 4.08. The van der Waals surface area contributed by atoms with Crippen LogP contribution in [0.4, 0.5) is 0 Å². The molecule has 0 aliphatic heterocycles. The number of alkyl halides is 4. The van der Waals surface area contributed by atoms with Crippen LogP contribution in [-0.4, -0.2) is 7.57 Å². The largest absolute Gasteiger partial charge is 0.124 e. The third kappa shape index (κ3) is 1.20. The van der Waals surface area contributed by atoms with Crippen molar-refractivity contribution in [2.75, 3.05) is 0 Å². The van der Waals surface area contributed by atoms with Gasteiger partial charge in [0, 0.05) is 5.41 Å². The second-order valence-corrected chi connectivity index (χ2v) is 9.19. The smallest absolute Gasteiger partial charge is 0.101 e. The first-order chi connectivity index (χ1) is 4.80. The summed E-state index contributed by atoms with van der Waals surface area (Å²) in [6, 6.07) is 0. The van der Waals surface area contributed by atoms with E-state index in [1.54, 1.807) is 0 Å². The number of halogens is 4. The minimum absolute atomic E-state index is 0.125. The van der Waals surface area contributed by atoms with Gasteiger partial charge in [0.1, 0.15) is 4.33 Å². The van der Waals surface area contributed by atoms with Crippen molar-refractivity contribution in [3.8, 4) is 0 Å². The summed E-state index contributed by atoms with van der Waals surface area (Å²) in [5, 5.41) is 0. The Morgan fingerprint density at radius 2 is 1.73 bits per heavy atom. The Hall–Kier alpha value is 1.54. The molecule has 4 heteroatoms. The normalized spacial score (nSPS) is 50.5. The summed E-state index contributed by atoms with van der Waals surface area (Å²) in [6.07, 6.45) is 2.05. The topological polar surface area (TPSA) is 0 Å². The molecule has 0 saturated heterocycles. The van der Waals surface area contributed by atoms with Crippen molar-refractivity contribution in [3.63, 3.8) is 0 Å². The molecule has 2 rings (SSSR count). The second kappa shape index (κ2) is 2.13. The molecule has 0 aromatic rings. The Kier molecular flexibility index (Phi) is 1.76. The molecule has 0 radical (unpaired) electrons. The third-order valence-electron chi connectivity index (χ3n) is 2.89. The minimum atomic E-state index is -0.471. The minimum Gasteiger partial charge on any atom is -0.101 e. The first-order valence-electron chi connectivity index (χ1n) is 3.55. The van der Waals surface area contributed by atoms with Gasteiger partial charge in [0.2, 0.25) is 0 Å². The molecule has 64 valence electrons. The Labute approximate surface area is 93.3 Å². The summed E-state index contributed by atoms with van der Waals surface area (Å²) in [6.45, 7) is 2.15. The van der Waals surface area contributed by atoms with Crippen molar-refractivity contribution in [2.24, 2.45) is 11.3 Å². The molecule has 2 saturated carbocycles. The van der Waals surface area contributed by atoms with Crippen molar-refractivity contribution in [1.29, 1.82) is 0 Å². The van der Waals surface area contributed by atoms with Crippen LogP contribution < -0.4 is 0 Å². The zero-order valence-electron chi connectivity index (χ0n) is 6.00. The highest BCUT2D eigenvalue weighted by Gasteiger charge is 2.75. The lowest BCUT2D eigenvalue weighted by atomic mass is 10.0. The van der Waals surface area contributed by atoms with Gasteiger partial charge < -0.3 is 0 Å². The molecule has 0 aromatic carbocycles. The molecule has 0 spiro atoms. The van der Waals surface area contributed by atoms with Gasteiger partial charge in [-0.2, -0.15) is 0 Å².